The van der Waals surface area contributed by atoms with Crippen LogP contribution >= 0.6 is 11.6 Å². The van der Waals surface area contributed by atoms with Gasteiger partial charge >= 0.3 is 5.97 Å². The number of carbonyl (C=O) groups excluding carboxylic acids is 1. The van der Waals surface area contributed by atoms with Gasteiger partial charge < -0.3 is 10.0 Å². The van der Waals surface area contributed by atoms with Crippen molar-refractivity contribution in [2.24, 2.45) is 5.41 Å². The Hall–Kier alpha value is -1.69. The van der Waals surface area contributed by atoms with Crippen LogP contribution in [0.3, 0.4) is 0 Å². The van der Waals surface area contributed by atoms with Gasteiger partial charge in [-0.1, -0.05) is 11.6 Å². The van der Waals surface area contributed by atoms with E-state index < -0.39 is 11.4 Å². The molecule has 0 aliphatic carbocycles. The molecule has 1 aliphatic heterocycles. The number of hydrogen-bond acceptors (Lipinski definition) is 4. The average Bonchev–Trinajstić information content (AvgIpc) is 2.38. The molecule has 2 rings (SSSR count). The first-order valence-electron chi connectivity index (χ1n) is 5.92. The number of carbonyl (C=O) groups is 2. The first-order chi connectivity index (χ1) is 8.92. The topological polar surface area (TPSA) is 83.4 Å². The number of aliphatic carboxylic acids is 1. The Labute approximate surface area is 115 Å². The average molecular weight is 284 g/mol. The highest BCUT2D eigenvalue weighted by molar-refractivity contribution is 6.29. The summed E-state index contributed by atoms with van der Waals surface area (Å²) < 4.78 is 0. The summed E-state index contributed by atoms with van der Waals surface area (Å²) in [4.78, 5) is 32.7. The van der Waals surface area contributed by atoms with Gasteiger partial charge in [-0.05, 0) is 19.8 Å². The Morgan fingerprint density at radius 1 is 1.47 bits per heavy atom. The van der Waals surface area contributed by atoms with E-state index in [0.717, 1.165) is 0 Å². The molecule has 0 saturated carbocycles. The predicted molar refractivity (Wildman–Crippen MR) is 67.9 cm³/mol. The molecule has 1 unspecified atom stereocenters. The van der Waals surface area contributed by atoms with Crippen molar-refractivity contribution in [1.29, 1.82) is 0 Å². The Bertz CT molecular complexity index is 523. The Morgan fingerprint density at radius 3 is 2.84 bits per heavy atom. The van der Waals surface area contributed by atoms with E-state index in [1.165, 1.54) is 17.3 Å². The van der Waals surface area contributed by atoms with Crippen molar-refractivity contribution in [3.8, 4) is 0 Å². The monoisotopic (exact) mass is 283 g/mol. The van der Waals surface area contributed by atoms with Gasteiger partial charge in [-0.15, -0.1) is 0 Å². The maximum atomic E-state index is 12.2. The number of nitrogens with zero attached hydrogens (tertiary/aromatic N) is 3. The normalized spacial score (nSPS) is 23.2. The molecule has 0 bridgehead atoms. The van der Waals surface area contributed by atoms with Crippen LogP contribution in [0.1, 0.15) is 30.3 Å². The van der Waals surface area contributed by atoms with E-state index in [1.807, 2.05) is 0 Å². The maximum absolute atomic E-state index is 12.2. The Balaban J connectivity index is 2.18. The van der Waals surface area contributed by atoms with Crippen LogP contribution in [0.15, 0.2) is 12.4 Å². The lowest BCUT2D eigenvalue weighted by Gasteiger charge is -2.37. The summed E-state index contributed by atoms with van der Waals surface area (Å²) >= 11 is 5.70. The molecule has 6 nitrogen and oxygen atoms in total. The smallest absolute Gasteiger partial charge is 0.311 e. The second kappa shape index (κ2) is 5.13. The van der Waals surface area contributed by atoms with Crippen molar-refractivity contribution < 1.29 is 14.7 Å². The molecule has 1 saturated heterocycles. The van der Waals surface area contributed by atoms with E-state index >= 15 is 0 Å². The molecule has 102 valence electrons. The lowest BCUT2D eigenvalue weighted by molar-refractivity contribution is -0.150. The number of likely N-dealkylation sites (tertiary alicyclic amines) is 1. The number of carboxylic acids is 1. The molecule has 0 radical (unpaired) electrons. The van der Waals surface area contributed by atoms with Gasteiger partial charge in [0.25, 0.3) is 5.91 Å². The summed E-state index contributed by atoms with van der Waals surface area (Å²) in [6.45, 7) is 2.35. The third-order valence-electron chi connectivity index (χ3n) is 3.32. The number of carboxylic acid groups (broad SMARTS) is 1. The number of hydrogen-bond donors (Lipinski definition) is 1. The van der Waals surface area contributed by atoms with Crippen molar-refractivity contribution in [2.45, 2.75) is 19.8 Å². The molecule has 2 heterocycles. The molecule has 1 aromatic heterocycles. The highest BCUT2D eigenvalue weighted by Crippen LogP contribution is 2.30. The zero-order valence-corrected chi connectivity index (χ0v) is 11.2. The van der Waals surface area contributed by atoms with Crippen LogP contribution in [-0.2, 0) is 4.79 Å². The molecule has 1 atom stereocenters. The lowest BCUT2D eigenvalue weighted by Crippen LogP contribution is -2.48. The highest BCUT2D eigenvalue weighted by atomic mass is 35.5. The van der Waals surface area contributed by atoms with Crippen LogP contribution in [0.5, 0.6) is 0 Å². The fourth-order valence-corrected chi connectivity index (χ4v) is 2.34. The van der Waals surface area contributed by atoms with Crippen LogP contribution in [0.4, 0.5) is 0 Å². The first-order valence-corrected chi connectivity index (χ1v) is 6.30. The number of rotatable bonds is 2. The van der Waals surface area contributed by atoms with Crippen molar-refractivity contribution in [3.63, 3.8) is 0 Å². The van der Waals surface area contributed by atoms with E-state index in [2.05, 4.69) is 9.97 Å². The zero-order chi connectivity index (χ0) is 14.0. The summed E-state index contributed by atoms with van der Waals surface area (Å²) in [7, 11) is 0. The second-order valence-electron chi connectivity index (χ2n) is 4.92. The van der Waals surface area contributed by atoms with E-state index in [9.17, 15) is 14.7 Å². The van der Waals surface area contributed by atoms with Crippen molar-refractivity contribution in [2.75, 3.05) is 13.1 Å². The highest BCUT2D eigenvalue weighted by Gasteiger charge is 2.39. The van der Waals surface area contributed by atoms with Gasteiger partial charge in [-0.3, -0.25) is 14.6 Å². The largest absolute Gasteiger partial charge is 0.481 e. The molecule has 0 aromatic carbocycles. The first kappa shape index (κ1) is 13.7. The van der Waals surface area contributed by atoms with Crippen molar-refractivity contribution in [3.05, 3.63) is 23.2 Å². The van der Waals surface area contributed by atoms with Crippen LogP contribution < -0.4 is 0 Å². The van der Waals surface area contributed by atoms with E-state index in [4.69, 9.17) is 11.6 Å². The summed E-state index contributed by atoms with van der Waals surface area (Å²) in [5, 5.41) is 9.37. The minimum atomic E-state index is -0.903. The summed E-state index contributed by atoms with van der Waals surface area (Å²) in [5.41, 5.74) is -0.762. The third-order valence-corrected chi connectivity index (χ3v) is 3.51. The molecule has 7 heteroatoms. The van der Waals surface area contributed by atoms with Gasteiger partial charge in [0.15, 0.2) is 0 Å². The van der Waals surface area contributed by atoms with Crippen LogP contribution in [0.25, 0.3) is 0 Å². The summed E-state index contributed by atoms with van der Waals surface area (Å²) in [6.07, 6.45) is 3.90. The van der Waals surface area contributed by atoms with Gasteiger partial charge in [-0.2, -0.15) is 0 Å². The van der Waals surface area contributed by atoms with Gasteiger partial charge in [0, 0.05) is 13.1 Å². The molecule has 1 fully saturated rings. The summed E-state index contributed by atoms with van der Waals surface area (Å²) in [6, 6.07) is 0. The predicted octanol–water partition coefficient (Wildman–Crippen LogP) is 1.46. The summed E-state index contributed by atoms with van der Waals surface area (Å²) in [5.74, 6) is -1.22. The fraction of sp³-hybridized carbons (Fsp3) is 0.500. The number of aromatic nitrogens is 2. The fourth-order valence-electron chi connectivity index (χ4n) is 2.19. The van der Waals surface area contributed by atoms with Crippen LogP contribution in [-0.4, -0.2) is 44.9 Å². The minimum Gasteiger partial charge on any atom is -0.481 e. The van der Waals surface area contributed by atoms with Gasteiger partial charge in [0.2, 0.25) is 0 Å². The van der Waals surface area contributed by atoms with Crippen molar-refractivity contribution >= 4 is 23.5 Å². The molecular weight excluding hydrogens is 270 g/mol. The number of piperidine rings is 1. The third kappa shape index (κ3) is 2.84. The number of amides is 1. The molecule has 0 spiro atoms. The van der Waals surface area contributed by atoms with Gasteiger partial charge in [-0.25, -0.2) is 4.98 Å². The van der Waals surface area contributed by atoms with Gasteiger partial charge in [0.1, 0.15) is 10.8 Å². The SMILES string of the molecule is CC1(C(=O)O)CCCN(C(=O)c2cncc(Cl)n2)C1. The Morgan fingerprint density at radius 2 is 2.21 bits per heavy atom. The quantitative estimate of drug-likeness (QED) is 0.888. The molecule has 19 heavy (non-hydrogen) atoms. The maximum Gasteiger partial charge on any atom is 0.311 e. The second-order valence-corrected chi connectivity index (χ2v) is 5.31. The van der Waals surface area contributed by atoms with Gasteiger partial charge in [0.05, 0.1) is 17.8 Å². The minimum absolute atomic E-state index is 0.141. The van der Waals surface area contributed by atoms with Crippen LogP contribution in [0.2, 0.25) is 5.15 Å². The standard InChI is InChI=1S/C12H14ClN3O3/c1-12(11(18)19)3-2-4-16(7-12)10(17)8-5-14-6-9(13)15-8/h5-6H,2-4,7H2,1H3,(H,18,19). The van der Waals surface area contributed by atoms with Crippen molar-refractivity contribution in [1.82, 2.24) is 14.9 Å². The van der Waals surface area contributed by atoms with E-state index in [0.29, 0.717) is 19.4 Å². The van der Waals surface area contributed by atoms with E-state index in [1.54, 1.807) is 6.92 Å². The van der Waals surface area contributed by atoms with Crippen LogP contribution in [0, 0.1) is 5.41 Å². The molecule has 1 N–H and O–H groups in total. The molecular formula is C12H14ClN3O3. The Kier molecular flexibility index (Phi) is 3.71. The lowest BCUT2D eigenvalue weighted by atomic mass is 9.82. The number of halogens is 1. The zero-order valence-electron chi connectivity index (χ0n) is 10.5. The molecule has 1 aliphatic rings. The van der Waals surface area contributed by atoms with E-state index in [-0.39, 0.29) is 23.3 Å². The molecule has 1 aromatic rings. The molecule has 1 amide bonds.